The van der Waals surface area contributed by atoms with E-state index in [1.54, 1.807) is 0 Å². The molecule has 13 heavy (non-hydrogen) atoms. The second kappa shape index (κ2) is 11.2. The van der Waals surface area contributed by atoms with Gasteiger partial charge in [0.1, 0.15) is 0 Å². The minimum atomic E-state index is 0.601. The molecule has 0 saturated heterocycles. The molecule has 0 radical (unpaired) electrons. The maximum absolute atomic E-state index is 8.26. The van der Waals surface area contributed by atoms with Gasteiger partial charge in [-0.05, 0) is 12.8 Å². The van der Waals surface area contributed by atoms with Crippen molar-refractivity contribution in [1.82, 2.24) is 5.32 Å². The molecule has 2 nitrogen and oxygen atoms in total. The van der Waals surface area contributed by atoms with E-state index < -0.39 is 0 Å². The van der Waals surface area contributed by atoms with Crippen LogP contribution in [0, 0.1) is 11.3 Å². The standard InChI is InChI=1S/C11H20N2/c1-2-3-4-5-6-7-10-13-11-8-9-12/h6-7,13H,2-5,8,10-11H2,1H3/b7-6+. The Balaban J connectivity index is 3.00. The molecule has 0 fully saturated rings. The second-order valence-corrected chi connectivity index (χ2v) is 3.08. The average molecular weight is 180 g/mol. The lowest BCUT2D eigenvalue weighted by Crippen LogP contribution is -2.14. The predicted molar refractivity (Wildman–Crippen MR) is 56.4 cm³/mol. The summed E-state index contributed by atoms with van der Waals surface area (Å²) >= 11 is 0. The molecule has 0 aliphatic heterocycles. The van der Waals surface area contributed by atoms with Crippen molar-refractivity contribution >= 4 is 0 Å². The van der Waals surface area contributed by atoms with Crippen LogP contribution in [0.3, 0.4) is 0 Å². The van der Waals surface area contributed by atoms with E-state index in [0.717, 1.165) is 13.1 Å². The number of allylic oxidation sites excluding steroid dienone is 1. The SMILES string of the molecule is CCCCC/C=C/CNCCC#N. The lowest BCUT2D eigenvalue weighted by Gasteiger charge is -1.95. The van der Waals surface area contributed by atoms with Crippen LogP contribution in [0.15, 0.2) is 12.2 Å². The lowest BCUT2D eigenvalue weighted by atomic mass is 10.2. The zero-order valence-electron chi connectivity index (χ0n) is 8.55. The zero-order valence-corrected chi connectivity index (χ0v) is 8.55. The van der Waals surface area contributed by atoms with Crippen molar-refractivity contribution in [3.63, 3.8) is 0 Å². The van der Waals surface area contributed by atoms with Crippen LogP contribution in [-0.2, 0) is 0 Å². The second-order valence-electron chi connectivity index (χ2n) is 3.08. The van der Waals surface area contributed by atoms with Crippen LogP contribution >= 0.6 is 0 Å². The molecule has 1 N–H and O–H groups in total. The van der Waals surface area contributed by atoms with E-state index in [-0.39, 0.29) is 0 Å². The molecule has 0 atom stereocenters. The summed E-state index contributed by atoms with van der Waals surface area (Å²) < 4.78 is 0. The molecule has 0 aromatic heterocycles. The van der Waals surface area contributed by atoms with Crippen molar-refractivity contribution in [2.75, 3.05) is 13.1 Å². The molecule has 0 amide bonds. The van der Waals surface area contributed by atoms with E-state index in [4.69, 9.17) is 5.26 Å². The van der Waals surface area contributed by atoms with Gasteiger partial charge in [-0.15, -0.1) is 0 Å². The Kier molecular flexibility index (Phi) is 10.5. The smallest absolute Gasteiger partial charge is 0.0635 e. The maximum Gasteiger partial charge on any atom is 0.0635 e. The number of hydrogen-bond acceptors (Lipinski definition) is 2. The van der Waals surface area contributed by atoms with Crippen LogP contribution in [0.25, 0.3) is 0 Å². The quantitative estimate of drug-likeness (QED) is 0.460. The van der Waals surface area contributed by atoms with E-state index in [1.807, 2.05) is 0 Å². The van der Waals surface area contributed by atoms with Crippen molar-refractivity contribution in [2.24, 2.45) is 0 Å². The van der Waals surface area contributed by atoms with E-state index in [0.29, 0.717) is 6.42 Å². The van der Waals surface area contributed by atoms with Gasteiger partial charge in [0, 0.05) is 19.5 Å². The third-order valence-electron chi connectivity index (χ3n) is 1.82. The highest BCUT2D eigenvalue weighted by molar-refractivity contribution is 4.84. The van der Waals surface area contributed by atoms with Gasteiger partial charge in [-0.2, -0.15) is 5.26 Å². The number of unbranched alkanes of at least 4 members (excludes halogenated alkanes) is 3. The molecule has 0 aliphatic rings. The molecule has 0 spiro atoms. The Bertz CT molecular complexity index is 156. The molecule has 0 unspecified atom stereocenters. The summed E-state index contributed by atoms with van der Waals surface area (Å²) in [5.41, 5.74) is 0. The van der Waals surface area contributed by atoms with Crippen LogP contribution in [0.4, 0.5) is 0 Å². The van der Waals surface area contributed by atoms with Crippen molar-refractivity contribution in [3.8, 4) is 6.07 Å². The highest BCUT2D eigenvalue weighted by Gasteiger charge is 1.83. The summed E-state index contributed by atoms with van der Waals surface area (Å²) in [4.78, 5) is 0. The first kappa shape index (κ1) is 12.2. The Morgan fingerprint density at radius 3 is 2.85 bits per heavy atom. The van der Waals surface area contributed by atoms with Crippen molar-refractivity contribution in [3.05, 3.63) is 12.2 Å². The molecular weight excluding hydrogens is 160 g/mol. The zero-order chi connectivity index (χ0) is 9.78. The summed E-state index contributed by atoms with van der Waals surface area (Å²) in [6, 6.07) is 2.10. The first-order chi connectivity index (χ1) is 6.41. The molecule has 74 valence electrons. The van der Waals surface area contributed by atoms with E-state index in [9.17, 15) is 0 Å². The Morgan fingerprint density at radius 2 is 2.15 bits per heavy atom. The minimum Gasteiger partial charge on any atom is -0.312 e. The summed E-state index contributed by atoms with van der Waals surface area (Å²) in [5, 5.41) is 11.4. The van der Waals surface area contributed by atoms with Crippen molar-refractivity contribution < 1.29 is 0 Å². The normalized spacial score (nSPS) is 10.5. The van der Waals surface area contributed by atoms with Crippen molar-refractivity contribution in [1.29, 1.82) is 5.26 Å². The average Bonchev–Trinajstić information content (AvgIpc) is 2.16. The van der Waals surface area contributed by atoms with Crippen LogP contribution < -0.4 is 5.32 Å². The molecule has 0 aromatic rings. The Labute approximate surface area is 81.6 Å². The van der Waals surface area contributed by atoms with Gasteiger partial charge in [-0.3, -0.25) is 0 Å². The number of hydrogen-bond donors (Lipinski definition) is 1. The third kappa shape index (κ3) is 11.2. The number of nitrogens with zero attached hydrogens (tertiary/aromatic N) is 1. The van der Waals surface area contributed by atoms with Crippen LogP contribution in [0.2, 0.25) is 0 Å². The predicted octanol–water partition coefficient (Wildman–Crippen LogP) is 2.63. The first-order valence-corrected chi connectivity index (χ1v) is 5.14. The van der Waals surface area contributed by atoms with Gasteiger partial charge in [0.25, 0.3) is 0 Å². The fourth-order valence-electron chi connectivity index (χ4n) is 1.04. The summed E-state index contributed by atoms with van der Waals surface area (Å²) in [5.74, 6) is 0. The molecule has 2 heteroatoms. The van der Waals surface area contributed by atoms with Gasteiger partial charge in [-0.25, -0.2) is 0 Å². The third-order valence-corrected chi connectivity index (χ3v) is 1.82. The number of nitrogens with one attached hydrogen (secondary N) is 1. The van der Waals surface area contributed by atoms with Gasteiger partial charge in [-0.1, -0.05) is 31.9 Å². The molecule has 0 aromatic carbocycles. The summed E-state index contributed by atoms with van der Waals surface area (Å²) in [7, 11) is 0. The molecule has 0 rings (SSSR count). The number of nitriles is 1. The Hall–Kier alpha value is -0.810. The first-order valence-electron chi connectivity index (χ1n) is 5.14. The van der Waals surface area contributed by atoms with Gasteiger partial charge >= 0.3 is 0 Å². The van der Waals surface area contributed by atoms with Crippen LogP contribution in [0.1, 0.15) is 39.0 Å². The lowest BCUT2D eigenvalue weighted by molar-refractivity contribution is 0.723. The van der Waals surface area contributed by atoms with E-state index >= 15 is 0 Å². The molecular formula is C11H20N2. The van der Waals surface area contributed by atoms with Gasteiger partial charge in [0.2, 0.25) is 0 Å². The monoisotopic (exact) mass is 180 g/mol. The largest absolute Gasteiger partial charge is 0.312 e. The van der Waals surface area contributed by atoms with Crippen molar-refractivity contribution in [2.45, 2.75) is 39.0 Å². The van der Waals surface area contributed by atoms with Gasteiger partial charge in [0.05, 0.1) is 6.07 Å². The summed E-state index contributed by atoms with van der Waals surface area (Å²) in [6.45, 7) is 3.91. The fourth-order valence-corrected chi connectivity index (χ4v) is 1.04. The summed E-state index contributed by atoms with van der Waals surface area (Å²) in [6.07, 6.45) is 10.1. The highest BCUT2D eigenvalue weighted by Crippen LogP contribution is 1.98. The van der Waals surface area contributed by atoms with E-state index in [1.165, 1.54) is 25.7 Å². The molecule has 0 bridgehead atoms. The molecule has 0 aliphatic carbocycles. The van der Waals surface area contributed by atoms with Gasteiger partial charge in [0.15, 0.2) is 0 Å². The molecule has 0 saturated carbocycles. The topological polar surface area (TPSA) is 35.8 Å². The molecule has 0 heterocycles. The van der Waals surface area contributed by atoms with Crippen LogP contribution in [0.5, 0.6) is 0 Å². The highest BCUT2D eigenvalue weighted by atomic mass is 14.8. The van der Waals surface area contributed by atoms with Crippen LogP contribution in [-0.4, -0.2) is 13.1 Å². The van der Waals surface area contributed by atoms with Gasteiger partial charge < -0.3 is 5.32 Å². The maximum atomic E-state index is 8.26. The number of rotatable bonds is 8. The minimum absolute atomic E-state index is 0.601. The van der Waals surface area contributed by atoms with E-state index in [2.05, 4.69) is 30.5 Å². The fraction of sp³-hybridized carbons (Fsp3) is 0.727. The Morgan fingerprint density at radius 1 is 1.31 bits per heavy atom.